The molecule has 1 amide bonds. The highest BCUT2D eigenvalue weighted by Gasteiger charge is 2.18. The van der Waals surface area contributed by atoms with Crippen molar-refractivity contribution in [3.8, 4) is 6.07 Å². The van der Waals surface area contributed by atoms with Crippen molar-refractivity contribution < 1.29 is 4.79 Å². The van der Waals surface area contributed by atoms with E-state index in [1.165, 1.54) is 17.0 Å². The Hall–Kier alpha value is -2.45. The van der Waals surface area contributed by atoms with E-state index in [0.717, 1.165) is 0 Å². The second kappa shape index (κ2) is 6.64. The smallest absolute Gasteiger partial charge is 0.278 e. The van der Waals surface area contributed by atoms with Gasteiger partial charge in [0.25, 0.3) is 5.91 Å². The summed E-state index contributed by atoms with van der Waals surface area (Å²) in [6.45, 7) is 0.295. The van der Waals surface area contributed by atoms with E-state index >= 15 is 0 Å². The zero-order valence-corrected chi connectivity index (χ0v) is 11.3. The number of benzene rings is 1. The third-order valence-corrected chi connectivity index (χ3v) is 2.81. The lowest BCUT2D eigenvalue weighted by molar-refractivity contribution is 0.0981. The monoisotopic (exact) mass is 286 g/mol. The number of amides is 1. The molecule has 20 heavy (non-hydrogen) atoms. The number of nitriles is 1. The Morgan fingerprint density at radius 2 is 1.95 bits per heavy atom. The van der Waals surface area contributed by atoms with Gasteiger partial charge in [0.1, 0.15) is 0 Å². The van der Waals surface area contributed by atoms with Crippen molar-refractivity contribution in [1.29, 1.82) is 5.26 Å². The van der Waals surface area contributed by atoms with E-state index in [1.54, 1.807) is 12.1 Å². The summed E-state index contributed by atoms with van der Waals surface area (Å²) < 4.78 is 0. The molecule has 0 aliphatic carbocycles. The van der Waals surface area contributed by atoms with Crippen LogP contribution in [0.3, 0.4) is 0 Å². The molecule has 6 heteroatoms. The normalized spacial score (nSPS) is 9.80. The van der Waals surface area contributed by atoms with Crippen molar-refractivity contribution in [2.24, 2.45) is 0 Å². The number of halogens is 1. The summed E-state index contributed by atoms with van der Waals surface area (Å²) in [6, 6.07) is 14.2. The van der Waals surface area contributed by atoms with Crippen molar-refractivity contribution in [1.82, 2.24) is 10.2 Å². The number of aromatic nitrogens is 2. The van der Waals surface area contributed by atoms with E-state index < -0.39 is 0 Å². The molecule has 0 saturated carbocycles. The maximum Gasteiger partial charge on any atom is 0.278 e. The van der Waals surface area contributed by atoms with Crippen LogP contribution in [-0.4, -0.2) is 22.6 Å². The zero-order chi connectivity index (χ0) is 14.4. The second-order valence-electron chi connectivity index (χ2n) is 3.94. The Bertz CT molecular complexity index is 622. The molecule has 0 radical (unpaired) electrons. The highest BCUT2D eigenvalue weighted by atomic mass is 35.5. The molecule has 2 aromatic rings. The van der Waals surface area contributed by atoms with Crippen LogP contribution in [0.5, 0.6) is 0 Å². The van der Waals surface area contributed by atoms with Crippen molar-refractivity contribution in [3.05, 3.63) is 53.3 Å². The van der Waals surface area contributed by atoms with E-state index in [2.05, 4.69) is 10.2 Å². The van der Waals surface area contributed by atoms with Crippen LogP contribution in [-0.2, 0) is 0 Å². The molecule has 2 rings (SSSR count). The fourth-order valence-electron chi connectivity index (χ4n) is 1.69. The topological polar surface area (TPSA) is 69.9 Å². The molecule has 0 fully saturated rings. The lowest BCUT2D eigenvalue weighted by Gasteiger charge is -2.21. The van der Waals surface area contributed by atoms with Crippen LogP contribution >= 0.6 is 11.6 Å². The Morgan fingerprint density at radius 3 is 2.55 bits per heavy atom. The lowest BCUT2D eigenvalue weighted by atomic mass is 10.2. The molecule has 0 saturated heterocycles. The fraction of sp³-hybridized carbons (Fsp3) is 0.143. The van der Waals surface area contributed by atoms with E-state index in [1.807, 2.05) is 24.3 Å². The Kier molecular flexibility index (Phi) is 4.64. The molecule has 100 valence electrons. The quantitative estimate of drug-likeness (QED) is 0.866. The fourth-order valence-corrected chi connectivity index (χ4v) is 1.79. The molecule has 1 heterocycles. The average Bonchev–Trinajstić information content (AvgIpc) is 2.49. The number of rotatable bonds is 4. The summed E-state index contributed by atoms with van der Waals surface area (Å²) in [6.07, 6.45) is 0.238. The predicted molar refractivity (Wildman–Crippen MR) is 75.4 cm³/mol. The van der Waals surface area contributed by atoms with Gasteiger partial charge < -0.3 is 4.90 Å². The first-order chi connectivity index (χ1) is 9.72. The lowest BCUT2D eigenvalue weighted by Crippen LogP contribution is -2.32. The summed E-state index contributed by atoms with van der Waals surface area (Å²) in [5.74, 6) is -0.310. The van der Waals surface area contributed by atoms with Crippen LogP contribution in [0.2, 0.25) is 5.15 Å². The molecule has 0 unspecified atom stereocenters. The van der Waals surface area contributed by atoms with Gasteiger partial charge in [0.15, 0.2) is 10.8 Å². The Morgan fingerprint density at radius 1 is 1.20 bits per heavy atom. The molecular weight excluding hydrogens is 276 g/mol. The van der Waals surface area contributed by atoms with Gasteiger partial charge in [-0.15, -0.1) is 10.2 Å². The minimum absolute atomic E-state index is 0.191. The maximum atomic E-state index is 12.4. The summed E-state index contributed by atoms with van der Waals surface area (Å²) in [7, 11) is 0. The Balaban J connectivity index is 2.29. The average molecular weight is 287 g/mol. The van der Waals surface area contributed by atoms with E-state index in [-0.39, 0.29) is 23.2 Å². The third-order valence-electron chi connectivity index (χ3n) is 2.61. The van der Waals surface area contributed by atoms with Gasteiger partial charge in [-0.25, -0.2) is 0 Å². The molecular formula is C14H11ClN4O. The number of para-hydroxylation sites is 1. The minimum Gasteiger partial charge on any atom is -0.306 e. The van der Waals surface area contributed by atoms with Gasteiger partial charge in [-0.3, -0.25) is 4.79 Å². The molecule has 5 nitrogen and oxygen atoms in total. The highest BCUT2D eigenvalue weighted by molar-refractivity contribution is 6.29. The van der Waals surface area contributed by atoms with Crippen molar-refractivity contribution in [2.45, 2.75) is 6.42 Å². The van der Waals surface area contributed by atoms with Gasteiger partial charge in [-0.2, -0.15) is 5.26 Å². The number of hydrogen-bond acceptors (Lipinski definition) is 4. The van der Waals surface area contributed by atoms with Crippen LogP contribution in [0.4, 0.5) is 5.69 Å². The molecule has 1 aromatic heterocycles. The number of anilines is 1. The van der Waals surface area contributed by atoms with Gasteiger partial charge in [-0.05, 0) is 24.3 Å². The van der Waals surface area contributed by atoms with Crippen molar-refractivity contribution in [3.63, 3.8) is 0 Å². The zero-order valence-electron chi connectivity index (χ0n) is 10.5. The Labute approximate surface area is 121 Å². The van der Waals surface area contributed by atoms with Gasteiger partial charge in [0, 0.05) is 12.2 Å². The van der Waals surface area contributed by atoms with Gasteiger partial charge in [-0.1, -0.05) is 29.8 Å². The van der Waals surface area contributed by atoms with Gasteiger partial charge in [0.2, 0.25) is 0 Å². The summed E-state index contributed by atoms with van der Waals surface area (Å²) in [4.78, 5) is 13.9. The summed E-state index contributed by atoms with van der Waals surface area (Å²) >= 11 is 5.65. The summed E-state index contributed by atoms with van der Waals surface area (Å²) in [5.41, 5.74) is 0.903. The highest BCUT2D eigenvalue weighted by Crippen LogP contribution is 2.16. The van der Waals surface area contributed by atoms with Gasteiger partial charge >= 0.3 is 0 Å². The molecule has 0 spiro atoms. The van der Waals surface area contributed by atoms with Crippen molar-refractivity contribution >= 4 is 23.2 Å². The van der Waals surface area contributed by atoms with Crippen LogP contribution in [0.1, 0.15) is 16.9 Å². The molecule has 0 bridgehead atoms. The third kappa shape index (κ3) is 3.31. The van der Waals surface area contributed by atoms with E-state index in [0.29, 0.717) is 12.2 Å². The first-order valence-electron chi connectivity index (χ1n) is 5.95. The summed E-state index contributed by atoms with van der Waals surface area (Å²) in [5, 5.41) is 16.4. The number of hydrogen-bond donors (Lipinski definition) is 0. The first kappa shape index (κ1) is 14.0. The maximum absolute atomic E-state index is 12.4. The largest absolute Gasteiger partial charge is 0.306 e. The number of nitrogens with zero attached hydrogens (tertiary/aromatic N) is 4. The molecule has 0 atom stereocenters. The van der Waals surface area contributed by atoms with E-state index in [4.69, 9.17) is 16.9 Å². The predicted octanol–water partition coefficient (Wildman–Crippen LogP) is 2.69. The number of carbonyl (C=O) groups is 1. The molecule has 0 aliphatic heterocycles. The molecule has 0 N–H and O–H groups in total. The van der Waals surface area contributed by atoms with Crippen LogP contribution in [0.15, 0.2) is 42.5 Å². The minimum atomic E-state index is -0.310. The SMILES string of the molecule is N#CCCN(C(=O)c1ccc(Cl)nn1)c1ccccc1. The standard InChI is InChI=1S/C14H11ClN4O/c15-13-8-7-12(17-18-13)14(20)19(10-4-9-16)11-5-2-1-3-6-11/h1-3,5-8H,4,10H2. The van der Waals surface area contributed by atoms with Crippen LogP contribution in [0.25, 0.3) is 0 Å². The van der Waals surface area contributed by atoms with Crippen LogP contribution in [0, 0.1) is 11.3 Å². The van der Waals surface area contributed by atoms with Gasteiger partial charge in [0.05, 0.1) is 12.5 Å². The molecule has 0 aliphatic rings. The van der Waals surface area contributed by atoms with Crippen molar-refractivity contribution in [2.75, 3.05) is 11.4 Å². The van der Waals surface area contributed by atoms with E-state index in [9.17, 15) is 4.79 Å². The van der Waals surface area contributed by atoms with Crippen LogP contribution < -0.4 is 4.90 Å². The second-order valence-corrected chi connectivity index (χ2v) is 4.33. The first-order valence-corrected chi connectivity index (χ1v) is 6.33. The number of carbonyl (C=O) groups excluding carboxylic acids is 1. The molecule has 1 aromatic carbocycles.